The molecule has 0 bridgehead atoms. The maximum atomic E-state index is 11.9. The molecule has 3 N–H and O–H groups in total. The van der Waals surface area contributed by atoms with Crippen LogP contribution >= 0.6 is 11.3 Å². The molecule has 0 aliphatic carbocycles. The number of thiophene rings is 1. The van der Waals surface area contributed by atoms with Gasteiger partial charge in [-0.05, 0) is 30.0 Å². The normalized spacial score (nSPS) is 11.6. The average molecular weight is 336 g/mol. The summed E-state index contributed by atoms with van der Waals surface area (Å²) in [6, 6.07) is 8.54. The molecule has 1 atom stereocenters. The minimum absolute atomic E-state index is 0.355. The molecule has 1 unspecified atom stereocenters. The van der Waals surface area contributed by atoms with Crippen molar-refractivity contribution in [2.24, 2.45) is 0 Å². The van der Waals surface area contributed by atoms with E-state index in [4.69, 9.17) is 9.47 Å². The van der Waals surface area contributed by atoms with Gasteiger partial charge in [-0.25, -0.2) is 4.79 Å². The molecule has 0 aliphatic heterocycles. The number of rotatable bonds is 7. The van der Waals surface area contributed by atoms with Gasteiger partial charge in [0.2, 0.25) is 0 Å². The van der Waals surface area contributed by atoms with E-state index in [2.05, 4.69) is 10.6 Å². The van der Waals surface area contributed by atoms with Crippen molar-refractivity contribution in [3.63, 3.8) is 0 Å². The van der Waals surface area contributed by atoms with Crippen LogP contribution < -0.4 is 20.1 Å². The number of hydrogen-bond donors (Lipinski definition) is 3. The van der Waals surface area contributed by atoms with E-state index in [1.54, 1.807) is 25.3 Å². The lowest BCUT2D eigenvalue weighted by Gasteiger charge is -2.13. The number of hydrogen-bond acceptors (Lipinski definition) is 5. The zero-order valence-corrected chi connectivity index (χ0v) is 13.9. The van der Waals surface area contributed by atoms with Gasteiger partial charge in [-0.3, -0.25) is 0 Å². The topological polar surface area (TPSA) is 79.8 Å². The molecule has 2 amide bonds. The number of aliphatic hydroxyl groups is 1. The van der Waals surface area contributed by atoms with Crippen LogP contribution in [0.1, 0.15) is 17.4 Å². The molecular weight excluding hydrogens is 316 g/mol. The Morgan fingerprint density at radius 2 is 2.13 bits per heavy atom. The minimum atomic E-state index is -0.564. The second-order valence-electron chi connectivity index (χ2n) is 4.77. The Morgan fingerprint density at radius 3 is 2.78 bits per heavy atom. The summed E-state index contributed by atoms with van der Waals surface area (Å²) in [5.74, 6) is 1.16. The third-order valence-corrected chi connectivity index (χ3v) is 4.21. The quantitative estimate of drug-likeness (QED) is 0.726. The van der Waals surface area contributed by atoms with Crippen LogP contribution in [0.15, 0.2) is 35.7 Å². The highest BCUT2D eigenvalue weighted by atomic mass is 32.1. The number of urea groups is 1. The lowest BCUT2D eigenvalue weighted by atomic mass is 10.2. The summed E-state index contributed by atoms with van der Waals surface area (Å²) in [4.78, 5) is 12.8. The molecule has 124 valence electrons. The van der Waals surface area contributed by atoms with E-state index in [0.717, 1.165) is 4.88 Å². The summed E-state index contributed by atoms with van der Waals surface area (Å²) in [7, 11) is 3.09. The molecule has 0 aliphatic rings. The summed E-state index contributed by atoms with van der Waals surface area (Å²) in [5.41, 5.74) is 0.546. The second kappa shape index (κ2) is 8.40. The van der Waals surface area contributed by atoms with E-state index in [0.29, 0.717) is 30.2 Å². The van der Waals surface area contributed by atoms with Crippen molar-refractivity contribution < 1.29 is 19.4 Å². The first-order valence-corrected chi connectivity index (χ1v) is 8.00. The summed E-state index contributed by atoms with van der Waals surface area (Å²) < 4.78 is 10.3. The zero-order valence-electron chi connectivity index (χ0n) is 13.0. The lowest BCUT2D eigenvalue weighted by molar-refractivity contribution is 0.171. The minimum Gasteiger partial charge on any atom is -0.497 e. The van der Waals surface area contributed by atoms with Gasteiger partial charge in [0.25, 0.3) is 0 Å². The van der Waals surface area contributed by atoms with E-state index in [1.165, 1.54) is 18.4 Å². The molecule has 1 heterocycles. The van der Waals surface area contributed by atoms with Gasteiger partial charge in [0, 0.05) is 17.5 Å². The maximum Gasteiger partial charge on any atom is 0.319 e. The van der Waals surface area contributed by atoms with Crippen LogP contribution in [0.5, 0.6) is 11.5 Å². The Balaban J connectivity index is 1.83. The van der Waals surface area contributed by atoms with E-state index in [-0.39, 0.29) is 6.03 Å². The second-order valence-corrected chi connectivity index (χ2v) is 5.75. The fraction of sp³-hybridized carbons (Fsp3) is 0.312. The molecule has 2 aromatic rings. The van der Waals surface area contributed by atoms with Crippen molar-refractivity contribution in [1.29, 1.82) is 0 Å². The molecular formula is C16H20N2O4S. The lowest BCUT2D eigenvalue weighted by Crippen LogP contribution is -2.30. The number of carbonyl (C=O) groups is 1. The first-order valence-electron chi connectivity index (χ1n) is 7.12. The third kappa shape index (κ3) is 4.87. The van der Waals surface area contributed by atoms with Crippen LogP contribution in [-0.2, 0) is 0 Å². The van der Waals surface area contributed by atoms with Crippen LogP contribution in [-0.4, -0.2) is 31.9 Å². The van der Waals surface area contributed by atoms with Gasteiger partial charge in [-0.1, -0.05) is 6.07 Å². The summed E-state index contributed by atoms with van der Waals surface area (Å²) >= 11 is 1.49. The molecule has 0 radical (unpaired) electrons. The van der Waals surface area contributed by atoms with Gasteiger partial charge in [0.15, 0.2) is 0 Å². The average Bonchev–Trinajstić information content (AvgIpc) is 3.09. The van der Waals surface area contributed by atoms with Gasteiger partial charge in [0.05, 0.1) is 26.0 Å². The van der Waals surface area contributed by atoms with Crippen molar-refractivity contribution in [2.75, 3.05) is 26.1 Å². The Morgan fingerprint density at radius 1 is 1.30 bits per heavy atom. The number of nitrogens with one attached hydrogen (secondary N) is 2. The van der Waals surface area contributed by atoms with E-state index in [1.807, 2.05) is 17.5 Å². The van der Waals surface area contributed by atoms with Crippen LogP contribution in [0.4, 0.5) is 10.5 Å². The largest absolute Gasteiger partial charge is 0.497 e. The van der Waals surface area contributed by atoms with E-state index < -0.39 is 6.10 Å². The Bertz CT molecular complexity index is 631. The fourth-order valence-corrected chi connectivity index (χ4v) is 2.76. The standard InChI is InChI=1S/C16H20N2O4S/c1-21-11-5-6-12(14(10-11)22-2)18-16(20)17-8-7-13(19)15-4-3-9-23-15/h3-6,9-10,13,19H,7-8H2,1-2H3,(H2,17,18,20). The summed E-state index contributed by atoms with van der Waals surface area (Å²) in [6.07, 6.45) is -0.112. The molecule has 0 spiro atoms. The molecule has 2 rings (SSSR count). The van der Waals surface area contributed by atoms with Gasteiger partial charge in [-0.15, -0.1) is 11.3 Å². The highest BCUT2D eigenvalue weighted by molar-refractivity contribution is 7.10. The zero-order chi connectivity index (χ0) is 16.7. The third-order valence-electron chi connectivity index (χ3n) is 3.23. The van der Waals surface area contributed by atoms with Crippen LogP contribution in [0.25, 0.3) is 0 Å². The number of ether oxygens (including phenoxy) is 2. The van der Waals surface area contributed by atoms with Crippen molar-refractivity contribution in [2.45, 2.75) is 12.5 Å². The molecule has 23 heavy (non-hydrogen) atoms. The Hall–Kier alpha value is -2.25. The molecule has 1 aromatic carbocycles. The number of methoxy groups -OCH3 is 2. The smallest absolute Gasteiger partial charge is 0.319 e. The molecule has 0 saturated heterocycles. The highest BCUT2D eigenvalue weighted by Crippen LogP contribution is 2.28. The summed E-state index contributed by atoms with van der Waals surface area (Å²) in [6.45, 7) is 0.364. The van der Waals surface area contributed by atoms with Crippen molar-refractivity contribution in [1.82, 2.24) is 5.32 Å². The Kier molecular flexibility index (Phi) is 6.25. The van der Waals surface area contributed by atoms with Gasteiger partial charge in [0.1, 0.15) is 11.5 Å². The van der Waals surface area contributed by atoms with Gasteiger partial charge < -0.3 is 25.2 Å². The first-order chi connectivity index (χ1) is 11.1. The van der Waals surface area contributed by atoms with Gasteiger partial charge in [-0.2, -0.15) is 0 Å². The number of benzene rings is 1. The van der Waals surface area contributed by atoms with E-state index in [9.17, 15) is 9.90 Å². The number of anilines is 1. The molecule has 7 heteroatoms. The molecule has 6 nitrogen and oxygen atoms in total. The molecule has 0 saturated carbocycles. The Labute approximate surface area is 139 Å². The molecule has 1 aromatic heterocycles. The highest BCUT2D eigenvalue weighted by Gasteiger charge is 2.11. The predicted molar refractivity (Wildman–Crippen MR) is 90.5 cm³/mol. The van der Waals surface area contributed by atoms with Gasteiger partial charge >= 0.3 is 6.03 Å². The number of amides is 2. The van der Waals surface area contributed by atoms with Crippen LogP contribution in [0.2, 0.25) is 0 Å². The predicted octanol–water partition coefficient (Wildman–Crippen LogP) is 3.01. The van der Waals surface area contributed by atoms with Crippen molar-refractivity contribution >= 4 is 23.1 Å². The van der Waals surface area contributed by atoms with Crippen molar-refractivity contribution in [3.8, 4) is 11.5 Å². The maximum absolute atomic E-state index is 11.9. The van der Waals surface area contributed by atoms with Crippen LogP contribution in [0, 0.1) is 0 Å². The first kappa shape index (κ1) is 17.1. The number of carbonyl (C=O) groups excluding carboxylic acids is 1. The van der Waals surface area contributed by atoms with Crippen molar-refractivity contribution in [3.05, 3.63) is 40.6 Å². The monoisotopic (exact) mass is 336 g/mol. The van der Waals surface area contributed by atoms with Crippen LogP contribution in [0.3, 0.4) is 0 Å². The fourth-order valence-electron chi connectivity index (χ4n) is 2.01. The number of aliphatic hydroxyl groups excluding tert-OH is 1. The van der Waals surface area contributed by atoms with E-state index >= 15 is 0 Å². The SMILES string of the molecule is COc1ccc(NC(=O)NCCC(O)c2cccs2)c(OC)c1. The summed E-state index contributed by atoms with van der Waals surface area (Å²) in [5, 5.41) is 17.3. The molecule has 0 fully saturated rings.